The van der Waals surface area contributed by atoms with Crippen LogP contribution in [0.1, 0.15) is 31.2 Å². The fraction of sp³-hybridized carbons (Fsp3) is 0.562. The van der Waals surface area contributed by atoms with E-state index in [0.29, 0.717) is 17.9 Å². The molecule has 0 radical (unpaired) electrons. The molecular formula is C16H19NO2. The third-order valence-corrected chi connectivity index (χ3v) is 4.83. The van der Waals surface area contributed by atoms with E-state index >= 15 is 0 Å². The van der Waals surface area contributed by atoms with Gasteiger partial charge in [-0.15, -0.1) is 0 Å². The third-order valence-electron chi connectivity index (χ3n) is 4.83. The number of para-hydroxylation sites is 1. The van der Waals surface area contributed by atoms with Gasteiger partial charge in [-0.1, -0.05) is 18.2 Å². The molecule has 3 heterocycles. The highest BCUT2D eigenvalue weighted by Gasteiger charge is 2.41. The van der Waals surface area contributed by atoms with Gasteiger partial charge in [0, 0.05) is 37.9 Å². The molecular weight excluding hydrogens is 238 g/mol. The summed E-state index contributed by atoms with van der Waals surface area (Å²) in [5, 5.41) is 0. The summed E-state index contributed by atoms with van der Waals surface area (Å²) < 4.78 is 6.03. The van der Waals surface area contributed by atoms with Crippen LogP contribution in [0.25, 0.3) is 0 Å². The SMILES string of the molecule is O=C1CC2CCC(C1)N2CC1Cc2ccccc2O1. The first-order valence-electron chi connectivity index (χ1n) is 7.31. The Morgan fingerprint density at radius 1 is 1.11 bits per heavy atom. The summed E-state index contributed by atoms with van der Waals surface area (Å²) in [6, 6.07) is 9.29. The second-order valence-corrected chi connectivity index (χ2v) is 6.08. The molecule has 3 aliphatic heterocycles. The van der Waals surface area contributed by atoms with Crippen molar-refractivity contribution in [3.05, 3.63) is 29.8 Å². The number of piperidine rings is 1. The number of rotatable bonds is 2. The summed E-state index contributed by atoms with van der Waals surface area (Å²) in [4.78, 5) is 14.2. The minimum absolute atomic E-state index is 0.272. The van der Waals surface area contributed by atoms with Gasteiger partial charge in [-0.2, -0.15) is 0 Å². The number of hydrogen-bond acceptors (Lipinski definition) is 3. The fourth-order valence-electron chi connectivity index (χ4n) is 3.95. The molecule has 3 unspecified atom stereocenters. The van der Waals surface area contributed by atoms with Crippen LogP contribution < -0.4 is 4.74 Å². The molecule has 3 aliphatic rings. The summed E-state index contributed by atoms with van der Waals surface area (Å²) >= 11 is 0. The number of fused-ring (bicyclic) bond motifs is 3. The average Bonchev–Trinajstić information content (AvgIpc) is 2.90. The maximum Gasteiger partial charge on any atom is 0.136 e. The number of carbonyl (C=O) groups excluding carboxylic acids is 1. The lowest BCUT2D eigenvalue weighted by Crippen LogP contribution is -2.47. The zero-order valence-corrected chi connectivity index (χ0v) is 11.0. The minimum atomic E-state index is 0.272. The van der Waals surface area contributed by atoms with Gasteiger partial charge in [0.1, 0.15) is 17.6 Å². The Bertz CT molecular complexity index is 472. The van der Waals surface area contributed by atoms with Gasteiger partial charge in [0.15, 0.2) is 0 Å². The van der Waals surface area contributed by atoms with Crippen LogP contribution in [0, 0.1) is 0 Å². The van der Waals surface area contributed by atoms with E-state index in [9.17, 15) is 4.79 Å². The van der Waals surface area contributed by atoms with Gasteiger partial charge in [-0.25, -0.2) is 0 Å². The van der Waals surface area contributed by atoms with E-state index in [0.717, 1.165) is 31.6 Å². The molecule has 2 fully saturated rings. The molecule has 2 bridgehead atoms. The van der Waals surface area contributed by atoms with Crippen molar-refractivity contribution in [2.45, 2.75) is 50.3 Å². The van der Waals surface area contributed by atoms with Crippen molar-refractivity contribution >= 4 is 5.78 Å². The van der Waals surface area contributed by atoms with Gasteiger partial charge in [-0.3, -0.25) is 9.69 Å². The van der Waals surface area contributed by atoms with Crippen LogP contribution >= 0.6 is 0 Å². The molecule has 3 heteroatoms. The molecule has 0 spiro atoms. The molecule has 1 aromatic rings. The van der Waals surface area contributed by atoms with Crippen LogP contribution in [-0.2, 0) is 11.2 Å². The van der Waals surface area contributed by atoms with E-state index in [1.165, 1.54) is 18.4 Å². The second-order valence-electron chi connectivity index (χ2n) is 6.08. The van der Waals surface area contributed by atoms with Crippen LogP contribution in [0.5, 0.6) is 5.75 Å². The van der Waals surface area contributed by atoms with Crippen molar-refractivity contribution in [1.82, 2.24) is 4.90 Å². The van der Waals surface area contributed by atoms with Crippen LogP contribution in [0.4, 0.5) is 0 Å². The van der Waals surface area contributed by atoms with Crippen LogP contribution in [0.15, 0.2) is 24.3 Å². The number of nitrogens with zero attached hydrogens (tertiary/aromatic N) is 1. The van der Waals surface area contributed by atoms with Gasteiger partial charge in [0.2, 0.25) is 0 Å². The standard InChI is InChI=1S/C16H19NO2/c18-14-8-12-5-6-13(9-14)17(12)10-15-7-11-3-1-2-4-16(11)19-15/h1-4,12-13,15H,5-10H2. The highest BCUT2D eigenvalue weighted by atomic mass is 16.5. The Morgan fingerprint density at radius 3 is 2.58 bits per heavy atom. The Labute approximate surface area is 113 Å². The summed E-state index contributed by atoms with van der Waals surface area (Å²) in [7, 11) is 0. The quantitative estimate of drug-likeness (QED) is 0.813. The lowest BCUT2D eigenvalue weighted by molar-refractivity contribution is -0.124. The Hall–Kier alpha value is -1.35. The van der Waals surface area contributed by atoms with Crippen molar-refractivity contribution in [2.24, 2.45) is 0 Å². The molecule has 0 saturated carbocycles. The molecule has 3 nitrogen and oxygen atoms in total. The number of ether oxygens (including phenoxy) is 1. The molecule has 19 heavy (non-hydrogen) atoms. The van der Waals surface area contributed by atoms with E-state index in [1.807, 2.05) is 6.07 Å². The number of hydrogen-bond donors (Lipinski definition) is 0. The molecule has 0 N–H and O–H groups in total. The Balaban J connectivity index is 1.45. The monoisotopic (exact) mass is 257 g/mol. The highest BCUT2D eigenvalue weighted by molar-refractivity contribution is 5.80. The first-order valence-corrected chi connectivity index (χ1v) is 7.31. The van der Waals surface area contributed by atoms with Crippen LogP contribution in [-0.4, -0.2) is 35.4 Å². The zero-order chi connectivity index (χ0) is 12.8. The van der Waals surface area contributed by atoms with Crippen LogP contribution in [0.2, 0.25) is 0 Å². The number of benzene rings is 1. The van der Waals surface area contributed by atoms with E-state index in [1.54, 1.807) is 0 Å². The second kappa shape index (κ2) is 4.34. The largest absolute Gasteiger partial charge is 0.488 e. The lowest BCUT2D eigenvalue weighted by Gasteiger charge is -2.35. The topological polar surface area (TPSA) is 29.5 Å². The number of Topliss-reactive ketones (excluding diaryl/α,β-unsaturated/α-hetero) is 1. The number of ketones is 1. The van der Waals surface area contributed by atoms with Crippen LogP contribution in [0.3, 0.4) is 0 Å². The van der Waals surface area contributed by atoms with Gasteiger partial charge >= 0.3 is 0 Å². The van der Waals surface area contributed by atoms with Gasteiger partial charge in [0.25, 0.3) is 0 Å². The number of carbonyl (C=O) groups is 1. The highest BCUT2D eigenvalue weighted by Crippen LogP contribution is 2.36. The van der Waals surface area contributed by atoms with Crippen molar-refractivity contribution in [1.29, 1.82) is 0 Å². The average molecular weight is 257 g/mol. The predicted octanol–water partition coefficient (Wildman–Crippen LogP) is 2.19. The minimum Gasteiger partial charge on any atom is -0.488 e. The van der Waals surface area contributed by atoms with Crippen molar-refractivity contribution in [2.75, 3.05) is 6.54 Å². The fourth-order valence-corrected chi connectivity index (χ4v) is 3.95. The molecule has 0 amide bonds. The van der Waals surface area contributed by atoms with E-state index < -0.39 is 0 Å². The molecule has 4 rings (SSSR count). The Kier molecular flexibility index (Phi) is 2.62. The molecule has 0 aromatic heterocycles. The molecule has 2 saturated heterocycles. The maximum atomic E-state index is 11.6. The molecule has 1 aromatic carbocycles. The van der Waals surface area contributed by atoms with Crippen molar-refractivity contribution in [3.63, 3.8) is 0 Å². The molecule has 3 atom stereocenters. The van der Waals surface area contributed by atoms with E-state index in [2.05, 4.69) is 23.1 Å². The summed E-state index contributed by atoms with van der Waals surface area (Å²) in [5.74, 6) is 1.51. The van der Waals surface area contributed by atoms with Crippen molar-refractivity contribution in [3.8, 4) is 5.75 Å². The normalized spacial score (nSPS) is 33.3. The summed E-state index contributed by atoms with van der Waals surface area (Å²) in [6.07, 6.45) is 5.19. The van der Waals surface area contributed by atoms with E-state index in [-0.39, 0.29) is 6.10 Å². The van der Waals surface area contributed by atoms with Gasteiger partial charge < -0.3 is 4.74 Å². The third kappa shape index (κ3) is 1.96. The molecule has 100 valence electrons. The van der Waals surface area contributed by atoms with Gasteiger partial charge in [0.05, 0.1) is 0 Å². The molecule has 0 aliphatic carbocycles. The smallest absolute Gasteiger partial charge is 0.136 e. The first kappa shape index (κ1) is 11.5. The predicted molar refractivity (Wildman–Crippen MR) is 72.3 cm³/mol. The van der Waals surface area contributed by atoms with E-state index in [4.69, 9.17) is 4.74 Å². The summed E-state index contributed by atoms with van der Waals surface area (Å²) in [5.41, 5.74) is 1.33. The maximum absolute atomic E-state index is 11.6. The van der Waals surface area contributed by atoms with Gasteiger partial charge in [-0.05, 0) is 24.5 Å². The lowest BCUT2D eigenvalue weighted by atomic mass is 10.0. The zero-order valence-electron chi connectivity index (χ0n) is 11.0. The first-order chi connectivity index (χ1) is 9.29. The van der Waals surface area contributed by atoms with Crippen molar-refractivity contribution < 1.29 is 9.53 Å². The summed E-state index contributed by atoms with van der Waals surface area (Å²) in [6.45, 7) is 0.983. The Morgan fingerprint density at radius 2 is 1.84 bits per heavy atom.